The largest absolute Gasteiger partial charge is 2.00 e. The molecular weight excluding hydrogens is 729 g/mol. The van der Waals surface area contributed by atoms with Crippen LogP contribution in [0, 0.1) is 0 Å². The molecule has 4 aromatic rings. The smallest absolute Gasteiger partial charge is 0.744 e. The number of aryl methyl sites for hydroxylation is 2. The maximum atomic E-state index is 11.4. The summed E-state index contributed by atoms with van der Waals surface area (Å²) in [5, 5.41) is 2.87. The van der Waals surface area contributed by atoms with Gasteiger partial charge in [0.15, 0.2) is 0 Å². The van der Waals surface area contributed by atoms with Gasteiger partial charge in [0.1, 0.15) is 20.2 Å². The summed E-state index contributed by atoms with van der Waals surface area (Å²) in [6, 6.07) is 21.2. The molecule has 0 N–H and O–H groups in total. The first kappa shape index (κ1) is 47.6. The van der Waals surface area contributed by atoms with E-state index >= 15 is 0 Å². The first-order chi connectivity index (χ1) is 25.1. The van der Waals surface area contributed by atoms with Crippen molar-refractivity contribution in [2.24, 2.45) is 0 Å². The fourth-order valence-corrected chi connectivity index (χ4v) is 8.51. The van der Waals surface area contributed by atoms with Gasteiger partial charge < -0.3 is 9.11 Å². The molecule has 0 aromatic heterocycles. The molecule has 0 aliphatic carbocycles. The van der Waals surface area contributed by atoms with E-state index < -0.39 is 20.2 Å². The molecule has 0 bridgehead atoms. The van der Waals surface area contributed by atoms with E-state index in [0.29, 0.717) is 10.8 Å². The Labute approximate surface area is 351 Å². The molecule has 0 saturated carbocycles. The molecule has 53 heavy (non-hydrogen) atoms. The first-order valence-corrected chi connectivity index (χ1v) is 22.8. The zero-order chi connectivity index (χ0) is 37.7. The van der Waals surface area contributed by atoms with Gasteiger partial charge in [-0.25, -0.2) is 16.8 Å². The number of fused-ring (bicyclic) bond motifs is 2. The summed E-state index contributed by atoms with van der Waals surface area (Å²) in [6.07, 6.45) is 27.8. The maximum absolute atomic E-state index is 11.4. The van der Waals surface area contributed by atoms with E-state index in [1.807, 2.05) is 24.3 Å². The number of rotatable bonds is 24. The number of unbranched alkanes of at least 4 members (excludes halogenated alkanes) is 18. The van der Waals surface area contributed by atoms with Crippen LogP contribution in [0.15, 0.2) is 82.6 Å². The Balaban J connectivity index is 0.000000360. The van der Waals surface area contributed by atoms with Crippen LogP contribution in [0.3, 0.4) is 0 Å². The predicted octanol–water partition coefficient (Wildman–Crippen LogP) is 12.0. The van der Waals surface area contributed by atoms with E-state index in [2.05, 4.69) is 13.8 Å². The van der Waals surface area contributed by atoms with Gasteiger partial charge in [-0.05, 0) is 70.5 Å². The van der Waals surface area contributed by atoms with Gasteiger partial charge in [-0.2, -0.15) is 0 Å². The fourth-order valence-electron chi connectivity index (χ4n) is 7.15. The Kier molecular flexibility index (Phi) is 23.7. The van der Waals surface area contributed by atoms with Crippen molar-refractivity contribution in [3.05, 3.63) is 83.9 Å². The molecule has 0 heterocycles. The molecule has 0 amide bonds. The second kappa shape index (κ2) is 26.4. The van der Waals surface area contributed by atoms with Gasteiger partial charge in [-0.15, -0.1) is 0 Å². The molecule has 6 nitrogen and oxygen atoms in total. The van der Waals surface area contributed by atoms with Gasteiger partial charge in [-0.1, -0.05) is 190 Å². The average molecular weight is 791 g/mol. The Morgan fingerprint density at radius 3 is 0.925 bits per heavy atom. The van der Waals surface area contributed by atoms with Crippen molar-refractivity contribution in [1.82, 2.24) is 0 Å². The minimum atomic E-state index is -4.44. The zero-order valence-electron chi connectivity index (χ0n) is 32.5. The SMILES string of the molecule is CCCCCCCCCCCCc1ccc(S(=O)(=O)[O-])c2ccccc12.CCCCCCCCCCCCc1ccc(S(=O)(=O)[O-])c2ccccc12.[Ca+2]. The standard InChI is InChI=1S/2C22H32O3S.Ca/c2*1-2-3-4-5-6-7-8-9-10-11-14-19-17-18-22(26(23,24)25)21-16-13-12-15-20(19)21;/h2*12-13,15-18H,2-11,14H2,1H3,(H,23,24,25);/q;;+2/p-2. The quantitative estimate of drug-likeness (QED) is 0.0396. The maximum Gasteiger partial charge on any atom is 2.00 e. The first-order valence-electron chi connectivity index (χ1n) is 20.0. The van der Waals surface area contributed by atoms with Crippen LogP contribution in [0.4, 0.5) is 0 Å². The molecule has 0 radical (unpaired) electrons. The van der Waals surface area contributed by atoms with Crippen molar-refractivity contribution < 1.29 is 25.9 Å². The molecule has 0 fully saturated rings. The second-order valence-corrected chi connectivity index (χ2v) is 17.0. The molecule has 9 heteroatoms. The summed E-state index contributed by atoms with van der Waals surface area (Å²) >= 11 is 0. The van der Waals surface area contributed by atoms with Crippen molar-refractivity contribution in [2.45, 2.75) is 165 Å². The molecule has 4 rings (SSSR count). The van der Waals surface area contributed by atoms with Crippen LogP contribution in [0.1, 0.15) is 153 Å². The van der Waals surface area contributed by atoms with Crippen molar-refractivity contribution in [3.8, 4) is 0 Å². The number of hydrogen-bond acceptors (Lipinski definition) is 6. The molecule has 0 atom stereocenters. The summed E-state index contributed by atoms with van der Waals surface area (Å²) in [6.45, 7) is 4.49. The Bertz CT molecular complexity index is 1700. The predicted molar refractivity (Wildman–Crippen MR) is 221 cm³/mol. The van der Waals surface area contributed by atoms with E-state index in [-0.39, 0.29) is 47.5 Å². The monoisotopic (exact) mass is 790 g/mol. The van der Waals surface area contributed by atoms with E-state index in [4.69, 9.17) is 0 Å². The van der Waals surface area contributed by atoms with E-state index in [0.717, 1.165) is 47.6 Å². The van der Waals surface area contributed by atoms with Crippen LogP contribution in [-0.4, -0.2) is 63.7 Å². The Morgan fingerprint density at radius 1 is 0.377 bits per heavy atom. The number of benzene rings is 4. The average Bonchev–Trinajstić information content (AvgIpc) is 3.12. The summed E-state index contributed by atoms with van der Waals surface area (Å²) in [4.78, 5) is -0.222. The normalized spacial score (nSPS) is 11.7. The zero-order valence-corrected chi connectivity index (χ0v) is 36.3. The molecular formula is C44H62CaO6S2. The minimum absolute atomic E-state index is 0. The van der Waals surface area contributed by atoms with Crippen molar-refractivity contribution in [2.75, 3.05) is 0 Å². The van der Waals surface area contributed by atoms with Crippen molar-refractivity contribution >= 4 is 79.5 Å². The number of hydrogen-bond donors (Lipinski definition) is 0. The Hall–Kier alpha value is -1.52. The van der Waals surface area contributed by atoms with Crippen LogP contribution in [0.2, 0.25) is 0 Å². The molecule has 0 aliphatic heterocycles. The van der Waals surface area contributed by atoms with E-state index in [1.54, 1.807) is 36.4 Å². The van der Waals surface area contributed by atoms with Crippen LogP contribution >= 0.6 is 0 Å². The molecule has 288 valence electrons. The molecule has 0 saturated heterocycles. The Morgan fingerprint density at radius 2 is 0.642 bits per heavy atom. The summed E-state index contributed by atoms with van der Waals surface area (Å²) in [5.74, 6) is 0. The summed E-state index contributed by atoms with van der Waals surface area (Å²) < 4.78 is 68.7. The fraction of sp³-hybridized carbons (Fsp3) is 0.545. The third-order valence-electron chi connectivity index (χ3n) is 10.1. The summed E-state index contributed by atoms with van der Waals surface area (Å²) in [7, 11) is -8.88. The molecule has 0 aliphatic rings. The van der Waals surface area contributed by atoms with E-state index in [9.17, 15) is 25.9 Å². The second-order valence-electron chi connectivity index (χ2n) is 14.3. The van der Waals surface area contributed by atoms with Crippen LogP contribution in [0.25, 0.3) is 21.5 Å². The minimum Gasteiger partial charge on any atom is -0.744 e. The van der Waals surface area contributed by atoms with Gasteiger partial charge in [0.05, 0.1) is 9.79 Å². The van der Waals surface area contributed by atoms with Crippen molar-refractivity contribution in [1.29, 1.82) is 0 Å². The van der Waals surface area contributed by atoms with Crippen molar-refractivity contribution in [3.63, 3.8) is 0 Å². The summed E-state index contributed by atoms with van der Waals surface area (Å²) in [5.41, 5.74) is 2.26. The van der Waals surface area contributed by atoms with Crippen LogP contribution in [0.5, 0.6) is 0 Å². The molecule has 0 unspecified atom stereocenters. The van der Waals surface area contributed by atoms with Gasteiger partial charge in [0.25, 0.3) is 0 Å². The molecule has 0 spiro atoms. The third kappa shape index (κ3) is 17.4. The van der Waals surface area contributed by atoms with E-state index in [1.165, 1.54) is 128 Å². The van der Waals surface area contributed by atoms with Gasteiger partial charge in [0.2, 0.25) is 0 Å². The molecule has 4 aromatic carbocycles. The third-order valence-corrected chi connectivity index (χ3v) is 11.9. The van der Waals surface area contributed by atoms with Crippen LogP contribution in [-0.2, 0) is 33.1 Å². The van der Waals surface area contributed by atoms with Gasteiger partial charge in [0, 0.05) is 0 Å². The van der Waals surface area contributed by atoms with Crippen LogP contribution < -0.4 is 0 Å². The topological polar surface area (TPSA) is 114 Å². The van der Waals surface area contributed by atoms with Gasteiger partial charge in [-0.3, -0.25) is 0 Å². The van der Waals surface area contributed by atoms with Gasteiger partial charge >= 0.3 is 37.7 Å².